The Bertz CT molecular complexity index is 994. The summed E-state index contributed by atoms with van der Waals surface area (Å²) >= 11 is 5.10. The fourth-order valence-corrected chi connectivity index (χ4v) is 3.05. The molecule has 0 unspecified atom stereocenters. The van der Waals surface area contributed by atoms with E-state index in [9.17, 15) is 14.0 Å². The van der Waals surface area contributed by atoms with Crippen LogP contribution in [0.3, 0.4) is 0 Å². The van der Waals surface area contributed by atoms with E-state index in [-0.39, 0.29) is 23.1 Å². The molecule has 3 rings (SSSR count). The van der Waals surface area contributed by atoms with Crippen LogP contribution in [0.25, 0.3) is 6.08 Å². The van der Waals surface area contributed by atoms with Gasteiger partial charge in [-0.1, -0.05) is 18.2 Å². The SMILES string of the molecule is CCOc1cc(C=C2C(=O)N(C)C(=S)N(C)C2=O)ccc1OCc1ccc(F)cc1. The van der Waals surface area contributed by atoms with E-state index >= 15 is 0 Å². The van der Waals surface area contributed by atoms with Crippen LogP contribution in [0.4, 0.5) is 4.39 Å². The number of thiocarbonyl (C=S) groups is 1. The number of hydrogen-bond donors (Lipinski definition) is 0. The maximum absolute atomic E-state index is 13.0. The van der Waals surface area contributed by atoms with Gasteiger partial charge >= 0.3 is 0 Å². The summed E-state index contributed by atoms with van der Waals surface area (Å²) in [5.41, 5.74) is 1.43. The summed E-state index contributed by atoms with van der Waals surface area (Å²) in [4.78, 5) is 27.5. The van der Waals surface area contributed by atoms with Gasteiger partial charge in [0.05, 0.1) is 6.61 Å². The van der Waals surface area contributed by atoms with Gasteiger partial charge in [-0.05, 0) is 60.6 Å². The minimum Gasteiger partial charge on any atom is -0.490 e. The van der Waals surface area contributed by atoms with Crippen LogP contribution in [-0.2, 0) is 16.2 Å². The highest BCUT2D eigenvalue weighted by Gasteiger charge is 2.35. The second-order valence-corrected chi connectivity index (χ2v) is 6.99. The number of nitrogens with zero attached hydrogens (tertiary/aromatic N) is 2. The summed E-state index contributed by atoms with van der Waals surface area (Å²) in [6.45, 7) is 2.49. The number of hydrogen-bond acceptors (Lipinski definition) is 5. The Balaban J connectivity index is 1.86. The van der Waals surface area contributed by atoms with Crippen molar-refractivity contribution in [1.82, 2.24) is 9.80 Å². The molecule has 1 aliphatic heterocycles. The quantitative estimate of drug-likeness (QED) is 0.401. The average Bonchev–Trinajstić information content (AvgIpc) is 2.74. The predicted molar refractivity (Wildman–Crippen MR) is 114 cm³/mol. The summed E-state index contributed by atoms with van der Waals surface area (Å²) in [5, 5.41) is 0.154. The third-order valence-electron chi connectivity index (χ3n) is 4.53. The topological polar surface area (TPSA) is 59.1 Å². The molecule has 2 aromatic rings. The molecule has 0 aromatic heterocycles. The summed E-state index contributed by atoms with van der Waals surface area (Å²) < 4.78 is 24.5. The lowest BCUT2D eigenvalue weighted by Gasteiger charge is -2.31. The van der Waals surface area contributed by atoms with Gasteiger partial charge in [0.1, 0.15) is 18.0 Å². The van der Waals surface area contributed by atoms with Crippen molar-refractivity contribution in [2.45, 2.75) is 13.5 Å². The van der Waals surface area contributed by atoms with Crippen molar-refractivity contribution in [2.24, 2.45) is 0 Å². The zero-order valence-corrected chi connectivity index (χ0v) is 17.7. The van der Waals surface area contributed by atoms with Crippen LogP contribution < -0.4 is 9.47 Å². The second kappa shape index (κ2) is 9.04. The van der Waals surface area contributed by atoms with Gasteiger partial charge in [0.15, 0.2) is 16.6 Å². The first kappa shape index (κ1) is 21.4. The van der Waals surface area contributed by atoms with Crippen LogP contribution in [0, 0.1) is 5.82 Å². The van der Waals surface area contributed by atoms with Crippen molar-refractivity contribution in [2.75, 3.05) is 20.7 Å². The first-order valence-electron chi connectivity index (χ1n) is 9.27. The molecule has 8 heteroatoms. The van der Waals surface area contributed by atoms with Crippen molar-refractivity contribution in [3.63, 3.8) is 0 Å². The molecule has 0 saturated carbocycles. The van der Waals surface area contributed by atoms with Crippen LogP contribution in [0.5, 0.6) is 11.5 Å². The molecular formula is C22H21FN2O4S. The second-order valence-electron chi connectivity index (χ2n) is 6.62. The average molecular weight is 428 g/mol. The molecule has 2 aromatic carbocycles. The number of amides is 2. The van der Waals surface area contributed by atoms with Gasteiger partial charge in [-0.25, -0.2) is 4.39 Å². The maximum atomic E-state index is 13.0. The van der Waals surface area contributed by atoms with E-state index in [0.717, 1.165) is 5.56 Å². The summed E-state index contributed by atoms with van der Waals surface area (Å²) in [6.07, 6.45) is 1.51. The fourth-order valence-electron chi connectivity index (χ4n) is 2.89. The third kappa shape index (κ3) is 4.49. The standard InChI is InChI=1S/C22H21FN2O4S/c1-4-28-19-12-15(11-17-20(26)24(2)22(30)25(3)21(17)27)7-10-18(19)29-13-14-5-8-16(23)9-6-14/h5-12H,4,13H2,1-3H3. The van der Waals surface area contributed by atoms with Gasteiger partial charge in [0.25, 0.3) is 11.8 Å². The van der Waals surface area contributed by atoms with Gasteiger partial charge in [0, 0.05) is 14.1 Å². The van der Waals surface area contributed by atoms with Crippen LogP contribution >= 0.6 is 12.2 Å². The van der Waals surface area contributed by atoms with Crippen molar-refractivity contribution in [1.29, 1.82) is 0 Å². The van der Waals surface area contributed by atoms with Crippen LogP contribution in [0.15, 0.2) is 48.0 Å². The van der Waals surface area contributed by atoms with Gasteiger partial charge in [-0.2, -0.15) is 0 Å². The van der Waals surface area contributed by atoms with E-state index in [2.05, 4.69) is 0 Å². The van der Waals surface area contributed by atoms with E-state index in [1.807, 2.05) is 6.92 Å². The molecule has 1 heterocycles. The monoisotopic (exact) mass is 428 g/mol. The summed E-state index contributed by atoms with van der Waals surface area (Å²) in [5.74, 6) is -0.257. The number of carbonyl (C=O) groups is 2. The smallest absolute Gasteiger partial charge is 0.265 e. The summed E-state index contributed by atoms with van der Waals surface area (Å²) in [7, 11) is 3.05. The maximum Gasteiger partial charge on any atom is 0.265 e. The molecule has 156 valence electrons. The lowest BCUT2D eigenvalue weighted by Crippen LogP contribution is -2.52. The number of carbonyl (C=O) groups excluding carboxylic acids is 2. The largest absolute Gasteiger partial charge is 0.490 e. The number of likely N-dealkylation sites (N-methyl/N-ethyl adjacent to an activating group) is 2. The molecule has 0 N–H and O–H groups in total. The highest BCUT2D eigenvalue weighted by atomic mass is 32.1. The Morgan fingerprint density at radius 1 is 0.967 bits per heavy atom. The first-order valence-corrected chi connectivity index (χ1v) is 9.68. The van der Waals surface area contributed by atoms with Crippen molar-refractivity contribution >= 4 is 35.2 Å². The molecule has 0 radical (unpaired) electrons. The van der Waals surface area contributed by atoms with E-state index in [1.165, 1.54) is 42.1 Å². The van der Waals surface area contributed by atoms with Crippen LogP contribution in [0.2, 0.25) is 0 Å². The first-order chi connectivity index (χ1) is 14.3. The van der Waals surface area contributed by atoms with Gasteiger partial charge in [0.2, 0.25) is 0 Å². The van der Waals surface area contributed by atoms with E-state index in [4.69, 9.17) is 21.7 Å². The normalized spacial score (nSPS) is 14.3. The van der Waals surface area contributed by atoms with E-state index in [0.29, 0.717) is 23.7 Å². The molecule has 2 amide bonds. The van der Waals surface area contributed by atoms with E-state index in [1.54, 1.807) is 30.3 Å². The van der Waals surface area contributed by atoms with Crippen molar-refractivity contribution in [3.05, 3.63) is 65.0 Å². The Morgan fingerprint density at radius 3 is 2.20 bits per heavy atom. The Hall–Kier alpha value is -3.26. The van der Waals surface area contributed by atoms with Gasteiger partial charge < -0.3 is 9.47 Å². The molecule has 0 spiro atoms. The molecule has 1 aliphatic rings. The minimum atomic E-state index is -0.460. The highest BCUT2D eigenvalue weighted by Crippen LogP contribution is 2.31. The number of ether oxygens (including phenoxy) is 2. The predicted octanol–water partition coefficient (Wildman–Crippen LogP) is 3.40. The third-order valence-corrected chi connectivity index (χ3v) is 5.08. The molecule has 1 fully saturated rings. The molecule has 1 saturated heterocycles. The van der Waals surface area contributed by atoms with E-state index < -0.39 is 11.8 Å². The van der Waals surface area contributed by atoms with Crippen molar-refractivity contribution < 1.29 is 23.5 Å². The van der Waals surface area contributed by atoms with Gasteiger partial charge in [-0.15, -0.1) is 0 Å². The molecule has 6 nitrogen and oxygen atoms in total. The van der Waals surface area contributed by atoms with Gasteiger partial charge in [-0.3, -0.25) is 19.4 Å². The minimum absolute atomic E-state index is 0.0102. The molecule has 30 heavy (non-hydrogen) atoms. The fraction of sp³-hybridized carbons (Fsp3) is 0.227. The van der Waals surface area contributed by atoms with Crippen LogP contribution in [0.1, 0.15) is 18.1 Å². The Morgan fingerprint density at radius 2 is 1.60 bits per heavy atom. The molecular weight excluding hydrogens is 407 g/mol. The Labute approximate surface area is 179 Å². The Kier molecular flexibility index (Phi) is 6.47. The number of rotatable bonds is 6. The lowest BCUT2D eigenvalue weighted by atomic mass is 10.1. The molecule has 0 atom stereocenters. The zero-order valence-electron chi connectivity index (χ0n) is 16.8. The lowest BCUT2D eigenvalue weighted by molar-refractivity contribution is -0.132. The molecule has 0 aliphatic carbocycles. The van der Waals surface area contributed by atoms with Crippen LogP contribution in [-0.4, -0.2) is 47.4 Å². The van der Waals surface area contributed by atoms with Crippen molar-refractivity contribution in [3.8, 4) is 11.5 Å². The number of benzene rings is 2. The number of halogens is 1. The zero-order chi connectivity index (χ0) is 21.8. The summed E-state index contributed by atoms with van der Waals surface area (Å²) in [6, 6.07) is 11.2. The highest BCUT2D eigenvalue weighted by molar-refractivity contribution is 7.80. The molecule has 0 bridgehead atoms.